The summed E-state index contributed by atoms with van der Waals surface area (Å²) in [5.74, 6) is -0.0438. The van der Waals surface area contributed by atoms with Gasteiger partial charge in [-0.2, -0.15) is 0 Å². The van der Waals surface area contributed by atoms with Crippen LogP contribution < -0.4 is 10.4 Å². The van der Waals surface area contributed by atoms with Crippen LogP contribution in [0.5, 0.6) is 5.75 Å². The minimum atomic E-state index is -0.789. The van der Waals surface area contributed by atoms with E-state index in [0.717, 1.165) is 0 Å². The number of hydrogen-bond acceptors (Lipinski definition) is 6. The molecule has 0 radical (unpaired) electrons. The van der Waals surface area contributed by atoms with Crippen LogP contribution in [0.2, 0.25) is 0 Å². The van der Waals surface area contributed by atoms with E-state index >= 15 is 0 Å². The number of nitro benzene ring substituents is 1. The number of nitro groups is 1. The van der Waals surface area contributed by atoms with Crippen molar-refractivity contribution in [3.63, 3.8) is 0 Å². The summed E-state index contributed by atoms with van der Waals surface area (Å²) in [6, 6.07) is 13.1. The van der Waals surface area contributed by atoms with Crippen molar-refractivity contribution >= 4 is 22.4 Å². The Morgan fingerprint density at radius 1 is 1.06 bits per heavy atom. The molecule has 3 aromatic rings. The van der Waals surface area contributed by atoms with Crippen molar-refractivity contribution in [2.75, 3.05) is 0 Å². The van der Waals surface area contributed by atoms with Crippen molar-refractivity contribution in [1.29, 1.82) is 0 Å². The van der Waals surface area contributed by atoms with Gasteiger partial charge >= 0.3 is 5.63 Å². The Morgan fingerprint density at radius 2 is 1.84 bits per heavy atom. The first kappa shape index (κ1) is 19.2. The van der Waals surface area contributed by atoms with Crippen LogP contribution in [-0.2, 0) is 4.79 Å². The van der Waals surface area contributed by atoms with Crippen LogP contribution in [0.3, 0.4) is 0 Å². The second-order valence-electron chi connectivity index (χ2n) is 8.79. The average Bonchev–Trinajstić information content (AvgIpc) is 2.71. The second kappa shape index (κ2) is 6.63. The summed E-state index contributed by atoms with van der Waals surface area (Å²) in [5.41, 5.74) is 0.434. The lowest BCUT2D eigenvalue weighted by atomic mass is 9.70. The minimum Gasteiger partial charge on any atom is -0.460 e. The molecule has 7 heteroatoms. The first-order chi connectivity index (χ1) is 14.7. The minimum absolute atomic E-state index is 0.110. The number of allylic oxidation sites excluding steroid dienone is 2. The highest BCUT2D eigenvalue weighted by Crippen LogP contribution is 2.50. The molecule has 0 amide bonds. The van der Waals surface area contributed by atoms with Gasteiger partial charge in [-0.1, -0.05) is 38.1 Å². The Hall–Kier alpha value is -3.74. The Bertz CT molecular complexity index is 1360. The number of para-hydroxylation sites is 1. The number of rotatable bonds is 2. The Labute approximate surface area is 177 Å². The number of non-ortho nitro benzene ring substituents is 1. The fourth-order valence-electron chi connectivity index (χ4n) is 4.60. The lowest BCUT2D eigenvalue weighted by Gasteiger charge is -2.37. The van der Waals surface area contributed by atoms with E-state index in [9.17, 15) is 19.7 Å². The maximum atomic E-state index is 13.2. The lowest BCUT2D eigenvalue weighted by molar-refractivity contribution is -0.384. The fourth-order valence-corrected chi connectivity index (χ4v) is 4.60. The van der Waals surface area contributed by atoms with Gasteiger partial charge < -0.3 is 9.15 Å². The molecule has 1 aliphatic heterocycles. The molecule has 7 nitrogen and oxygen atoms in total. The van der Waals surface area contributed by atoms with E-state index in [2.05, 4.69) is 0 Å². The number of hydrogen-bond donors (Lipinski definition) is 0. The molecule has 1 unspecified atom stereocenters. The SMILES string of the molecule is CC1(C)CC(=O)C2=C(C1)Oc1c(c(=O)oc3ccccc13)C2c1cccc([N+](=O)[O-])c1. The van der Waals surface area contributed by atoms with Crippen molar-refractivity contribution in [3.05, 3.63) is 91.5 Å². The van der Waals surface area contributed by atoms with E-state index in [1.54, 1.807) is 30.3 Å². The van der Waals surface area contributed by atoms with Gasteiger partial charge in [0.25, 0.3) is 5.69 Å². The predicted molar refractivity (Wildman–Crippen MR) is 113 cm³/mol. The highest BCUT2D eigenvalue weighted by Gasteiger charge is 2.44. The van der Waals surface area contributed by atoms with Gasteiger partial charge in [0.2, 0.25) is 0 Å². The molecule has 2 aromatic carbocycles. The van der Waals surface area contributed by atoms with Gasteiger partial charge in [0.1, 0.15) is 17.1 Å². The molecule has 31 heavy (non-hydrogen) atoms. The van der Waals surface area contributed by atoms with Crippen molar-refractivity contribution in [3.8, 4) is 5.75 Å². The maximum absolute atomic E-state index is 13.2. The van der Waals surface area contributed by atoms with Gasteiger partial charge in [-0.3, -0.25) is 14.9 Å². The van der Waals surface area contributed by atoms with Crippen LogP contribution in [-0.4, -0.2) is 10.7 Å². The molecule has 1 atom stereocenters. The topological polar surface area (TPSA) is 99.7 Å². The van der Waals surface area contributed by atoms with Gasteiger partial charge in [0.15, 0.2) is 5.78 Å². The van der Waals surface area contributed by atoms with E-state index in [-0.39, 0.29) is 22.4 Å². The third-order valence-electron chi connectivity index (χ3n) is 5.89. The molecule has 0 bridgehead atoms. The first-order valence-corrected chi connectivity index (χ1v) is 9.99. The van der Waals surface area contributed by atoms with Crippen molar-refractivity contribution in [2.45, 2.75) is 32.6 Å². The quantitative estimate of drug-likeness (QED) is 0.335. The number of ketones is 1. The summed E-state index contributed by atoms with van der Waals surface area (Å²) in [5, 5.41) is 12.0. The number of benzene rings is 2. The van der Waals surface area contributed by atoms with Crippen LogP contribution in [0.25, 0.3) is 11.0 Å². The van der Waals surface area contributed by atoms with Crippen LogP contribution in [0, 0.1) is 15.5 Å². The van der Waals surface area contributed by atoms with Crippen molar-refractivity contribution in [2.24, 2.45) is 5.41 Å². The summed E-state index contributed by atoms with van der Waals surface area (Å²) in [6.07, 6.45) is 0.822. The number of ether oxygens (including phenoxy) is 1. The standard InChI is InChI=1S/C24H19NO6/c1-24(2)11-16(26)20-18(12-24)30-22-15-8-3-4-9-17(15)31-23(27)21(22)19(20)13-6-5-7-14(10-13)25(28)29/h3-10,19H,11-12H2,1-2H3. The van der Waals surface area contributed by atoms with E-state index in [1.165, 1.54) is 12.1 Å². The molecule has 1 aromatic heterocycles. The molecule has 0 N–H and O–H groups in total. The molecule has 0 saturated carbocycles. The molecule has 2 aliphatic rings. The summed E-state index contributed by atoms with van der Waals surface area (Å²) >= 11 is 0. The average molecular weight is 417 g/mol. The lowest BCUT2D eigenvalue weighted by Crippen LogP contribution is -2.34. The third kappa shape index (κ3) is 3.04. The summed E-state index contributed by atoms with van der Waals surface area (Å²) in [4.78, 5) is 37.2. The molecule has 2 heterocycles. The number of nitrogens with zero attached hydrogens (tertiary/aromatic N) is 1. The van der Waals surface area contributed by atoms with Crippen molar-refractivity contribution in [1.82, 2.24) is 0 Å². The van der Waals surface area contributed by atoms with Gasteiger partial charge in [-0.15, -0.1) is 0 Å². The van der Waals surface area contributed by atoms with E-state index in [4.69, 9.17) is 9.15 Å². The van der Waals surface area contributed by atoms with E-state index in [0.29, 0.717) is 46.5 Å². The smallest absolute Gasteiger partial charge is 0.344 e. The Kier molecular flexibility index (Phi) is 4.12. The summed E-state index contributed by atoms with van der Waals surface area (Å²) < 4.78 is 11.8. The molecular formula is C24H19NO6. The molecule has 0 spiro atoms. The van der Waals surface area contributed by atoms with Crippen LogP contribution in [0.4, 0.5) is 5.69 Å². The van der Waals surface area contributed by atoms with Crippen molar-refractivity contribution < 1.29 is 18.9 Å². The predicted octanol–water partition coefficient (Wildman–Crippen LogP) is 4.87. The largest absolute Gasteiger partial charge is 0.460 e. The van der Waals surface area contributed by atoms with Gasteiger partial charge in [-0.05, 0) is 23.1 Å². The van der Waals surface area contributed by atoms with Gasteiger partial charge in [-0.25, -0.2) is 4.79 Å². The number of carbonyl (C=O) groups excluding carboxylic acids is 1. The monoisotopic (exact) mass is 417 g/mol. The highest BCUT2D eigenvalue weighted by molar-refractivity contribution is 6.01. The number of carbonyl (C=O) groups is 1. The molecule has 1 aliphatic carbocycles. The van der Waals surface area contributed by atoms with E-state index in [1.807, 2.05) is 19.9 Å². The molecule has 0 saturated heterocycles. The molecule has 156 valence electrons. The molecule has 5 rings (SSSR count). The van der Waals surface area contributed by atoms with Crippen LogP contribution >= 0.6 is 0 Å². The van der Waals surface area contributed by atoms with Gasteiger partial charge in [0.05, 0.1) is 21.8 Å². The third-order valence-corrected chi connectivity index (χ3v) is 5.89. The van der Waals surface area contributed by atoms with Crippen LogP contribution in [0.1, 0.15) is 43.7 Å². The zero-order valence-electron chi connectivity index (χ0n) is 17.0. The normalized spacial score (nSPS) is 19.5. The number of Topliss-reactive ketones (excluding diaryl/α,β-unsaturated/α-hetero) is 1. The molecular weight excluding hydrogens is 398 g/mol. The highest BCUT2D eigenvalue weighted by atomic mass is 16.6. The summed E-state index contributed by atoms with van der Waals surface area (Å²) in [7, 11) is 0. The number of fused-ring (bicyclic) bond motifs is 3. The Morgan fingerprint density at radius 3 is 2.61 bits per heavy atom. The maximum Gasteiger partial charge on any atom is 0.344 e. The van der Waals surface area contributed by atoms with Crippen LogP contribution in [0.15, 0.2) is 69.1 Å². The second-order valence-corrected chi connectivity index (χ2v) is 8.79. The Balaban J connectivity index is 1.84. The first-order valence-electron chi connectivity index (χ1n) is 9.99. The summed E-state index contributed by atoms with van der Waals surface area (Å²) in [6.45, 7) is 3.99. The zero-order valence-corrected chi connectivity index (χ0v) is 17.0. The fraction of sp³-hybridized carbons (Fsp3) is 0.250. The van der Waals surface area contributed by atoms with E-state index < -0.39 is 16.5 Å². The molecule has 0 fully saturated rings. The zero-order chi connectivity index (χ0) is 21.9. The van der Waals surface area contributed by atoms with Gasteiger partial charge in [0, 0.05) is 30.5 Å².